The maximum atomic E-state index is 8.64. The molecule has 0 aromatic heterocycles. The fraction of sp³-hybridized carbons (Fsp3) is 0.462. The Labute approximate surface area is 115 Å². The van der Waals surface area contributed by atoms with Crippen LogP contribution in [0.2, 0.25) is 0 Å². The van der Waals surface area contributed by atoms with E-state index in [1.807, 2.05) is 12.1 Å². The van der Waals surface area contributed by atoms with E-state index in [0.717, 1.165) is 16.8 Å². The van der Waals surface area contributed by atoms with Gasteiger partial charge in [0.1, 0.15) is 5.75 Å². The van der Waals surface area contributed by atoms with Crippen LogP contribution in [0.15, 0.2) is 27.8 Å². The van der Waals surface area contributed by atoms with Crippen molar-refractivity contribution < 1.29 is 9.94 Å². The van der Waals surface area contributed by atoms with E-state index in [4.69, 9.17) is 15.7 Å². The fourth-order valence-corrected chi connectivity index (χ4v) is 2.80. The van der Waals surface area contributed by atoms with Crippen LogP contribution in [-0.2, 0) is 0 Å². The lowest BCUT2D eigenvalue weighted by Gasteiger charge is -2.12. The van der Waals surface area contributed by atoms with Crippen molar-refractivity contribution in [2.45, 2.75) is 25.7 Å². The van der Waals surface area contributed by atoms with Crippen LogP contribution in [0, 0.1) is 5.92 Å². The molecule has 5 heteroatoms. The Balaban J connectivity index is 1.99. The number of nitrogens with zero attached hydrogens (tertiary/aromatic N) is 1. The van der Waals surface area contributed by atoms with Gasteiger partial charge in [-0.05, 0) is 52.9 Å². The van der Waals surface area contributed by atoms with Gasteiger partial charge in [-0.3, -0.25) is 0 Å². The predicted molar refractivity (Wildman–Crippen MR) is 74.1 cm³/mol. The highest BCUT2D eigenvalue weighted by Crippen LogP contribution is 2.27. The summed E-state index contributed by atoms with van der Waals surface area (Å²) in [5, 5.41) is 11.6. The Morgan fingerprint density at radius 2 is 2.17 bits per heavy atom. The van der Waals surface area contributed by atoms with Gasteiger partial charge in [0, 0.05) is 10.0 Å². The molecular formula is C13H17BrN2O2. The van der Waals surface area contributed by atoms with Crippen LogP contribution in [0.5, 0.6) is 5.75 Å². The molecule has 0 saturated heterocycles. The van der Waals surface area contributed by atoms with E-state index >= 15 is 0 Å². The lowest BCUT2D eigenvalue weighted by Crippen LogP contribution is -2.14. The average Bonchev–Trinajstić information content (AvgIpc) is 2.88. The second kappa shape index (κ2) is 6.09. The maximum absolute atomic E-state index is 8.64. The van der Waals surface area contributed by atoms with Gasteiger partial charge in [0.2, 0.25) is 0 Å². The summed E-state index contributed by atoms with van der Waals surface area (Å²) in [5.74, 6) is 1.58. The molecule has 4 nitrogen and oxygen atoms in total. The monoisotopic (exact) mass is 312 g/mol. The van der Waals surface area contributed by atoms with Gasteiger partial charge in [-0.1, -0.05) is 18.0 Å². The molecule has 98 valence electrons. The quantitative estimate of drug-likeness (QED) is 0.388. The topological polar surface area (TPSA) is 67.8 Å². The van der Waals surface area contributed by atoms with Crippen LogP contribution in [-0.4, -0.2) is 17.6 Å². The smallest absolute Gasteiger partial charge is 0.171 e. The first kappa shape index (κ1) is 13.2. The first-order chi connectivity index (χ1) is 8.70. The maximum Gasteiger partial charge on any atom is 0.171 e. The van der Waals surface area contributed by atoms with Crippen LogP contribution in [0.25, 0.3) is 0 Å². The molecule has 1 aliphatic rings. The second-order valence-electron chi connectivity index (χ2n) is 4.59. The molecule has 0 unspecified atom stereocenters. The third kappa shape index (κ3) is 3.16. The Hall–Kier alpha value is -1.23. The van der Waals surface area contributed by atoms with Gasteiger partial charge >= 0.3 is 0 Å². The van der Waals surface area contributed by atoms with E-state index in [9.17, 15) is 0 Å². The van der Waals surface area contributed by atoms with Crippen molar-refractivity contribution >= 4 is 21.8 Å². The zero-order valence-corrected chi connectivity index (χ0v) is 11.7. The van der Waals surface area contributed by atoms with E-state index < -0.39 is 0 Å². The highest BCUT2D eigenvalue weighted by molar-refractivity contribution is 9.10. The van der Waals surface area contributed by atoms with Crippen LogP contribution in [0.4, 0.5) is 0 Å². The molecule has 0 amide bonds. The van der Waals surface area contributed by atoms with Gasteiger partial charge in [0.25, 0.3) is 0 Å². The highest BCUT2D eigenvalue weighted by atomic mass is 79.9. The molecule has 0 radical (unpaired) electrons. The Morgan fingerprint density at radius 1 is 1.44 bits per heavy atom. The molecule has 0 aliphatic heterocycles. The lowest BCUT2D eigenvalue weighted by molar-refractivity contribution is 0.252. The Kier molecular flexibility index (Phi) is 4.47. The first-order valence-corrected chi connectivity index (χ1v) is 6.90. The normalized spacial score (nSPS) is 17.1. The predicted octanol–water partition coefficient (Wildman–Crippen LogP) is 3.11. The lowest BCUT2D eigenvalue weighted by atomic mass is 10.1. The third-order valence-electron chi connectivity index (χ3n) is 3.28. The van der Waals surface area contributed by atoms with Crippen LogP contribution >= 0.6 is 15.9 Å². The van der Waals surface area contributed by atoms with E-state index in [0.29, 0.717) is 11.5 Å². The number of hydrogen-bond acceptors (Lipinski definition) is 3. The molecule has 1 saturated carbocycles. The van der Waals surface area contributed by atoms with Crippen molar-refractivity contribution in [3.63, 3.8) is 0 Å². The molecule has 0 bridgehead atoms. The molecule has 2 rings (SSSR count). The average molecular weight is 313 g/mol. The standard InChI is InChI=1S/C13H17BrN2O2/c14-12-7-10(5-6-11(12)13(15)16-17)18-8-9-3-1-2-4-9/h5-7,9,17H,1-4,8H2,(H2,15,16). The first-order valence-electron chi connectivity index (χ1n) is 6.11. The molecule has 3 N–H and O–H groups in total. The largest absolute Gasteiger partial charge is 0.493 e. The van der Waals surface area contributed by atoms with Crippen LogP contribution in [0.1, 0.15) is 31.2 Å². The van der Waals surface area contributed by atoms with E-state index in [1.165, 1.54) is 25.7 Å². The second-order valence-corrected chi connectivity index (χ2v) is 5.44. The van der Waals surface area contributed by atoms with Crippen LogP contribution in [0.3, 0.4) is 0 Å². The molecule has 0 heterocycles. The summed E-state index contributed by atoms with van der Waals surface area (Å²) in [5.41, 5.74) is 6.21. The SMILES string of the molecule is N/C(=N/O)c1ccc(OCC2CCCC2)cc1Br. The van der Waals surface area contributed by atoms with E-state index in [1.54, 1.807) is 6.07 Å². The molecule has 1 aromatic carbocycles. The van der Waals surface area contributed by atoms with Gasteiger partial charge in [0.15, 0.2) is 5.84 Å². The molecule has 18 heavy (non-hydrogen) atoms. The number of amidine groups is 1. The summed E-state index contributed by atoms with van der Waals surface area (Å²) >= 11 is 3.39. The number of rotatable bonds is 4. The van der Waals surface area contributed by atoms with Crippen LogP contribution < -0.4 is 10.5 Å². The van der Waals surface area contributed by atoms with Crippen molar-refractivity contribution in [2.75, 3.05) is 6.61 Å². The van der Waals surface area contributed by atoms with E-state index in [2.05, 4.69) is 21.1 Å². The summed E-state index contributed by atoms with van der Waals surface area (Å²) in [6.07, 6.45) is 5.17. The zero-order chi connectivity index (χ0) is 13.0. The minimum Gasteiger partial charge on any atom is -0.493 e. The number of halogens is 1. The summed E-state index contributed by atoms with van der Waals surface area (Å²) in [4.78, 5) is 0. The van der Waals surface area contributed by atoms with Gasteiger partial charge in [0.05, 0.1) is 6.61 Å². The minimum atomic E-state index is 0.0872. The summed E-state index contributed by atoms with van der Waals surface area (Å²) in [6, 6.07) is 5.47. The number of benzene rings is 1. The molecule has 1 aromatic rings. The van der Waals surface area contributed by atoms with Crippen molar-refractivity contribution in [1.29, 1.82) is 0 Å². The summed E-state index contributed by atoms with van der Waals surface area (Å²) < 4.78 is 6.53. The minimum absolute atomic E-state index is 0.0872. The molecule has 1 aliphatic carbocycles. The van der Waals surface area contributed by atoms with Gasteiger partial charge in [-0.15, -0.1) is 0 Å². The van der Waals surface area contributed by atoms with Gasteiger partial charge in [-0.25, -0.2) is 0 Å². The van der Waals surface area contributed by atoms with Gasteiger partial charge < -0.3 is 15.7 Å². The number of nitrogens with two attached hydrogens (primary N) is 1. The number of oxime groups is 1. The fourth-order valence-electron chi connectivity index (χ4n) is 2.24. The summed E-state index contributed by atoms with van der Waals surface area (Å²) in [7, 11) is 0. The number of hydrogen-bond donors (Lipinski definition) is 2. The van der Waals surface area contributed by atoms with Crippen molar-refractivity contribution in [1.82, 2.24) is 0 Å². The van der Waals surface area contributed by atoms with E-state index in [-0.39, 0.29) is 5.84 Å². The molecule has 0 atom stereocenters. The van der Waals surface area contributed by atoms with Crippen molar-refractivity contribution in [2.24, 2.45) is 16.8 Å². The Morgan fingerprint density at radius 3 is 2.78 bits per heavy atom. The number of ether oxygens (including phenoxy) is 1. The molecule has 1 fully saturated rings. The van der Waals surface area contributed by atoms with Crippen molar-refractivity contribution in [3.05, 3.63) is 28.2 Å². The Bertz CT molecular complexity index is 443. The highest BCUT2D eigenvalue weighted by Gasteiger charge is 2.15. The zero-order valence-electron chi connectivity index (χ0n) is 10.1. The molecule has 0 spiro atoms. The third-order valence-corrected chi connectivity index (χ3v) is 3.94. The molecular weight excluding hydrogens is 296 g/mol. The summed E-state index contributed by atoms with van der Waals surface area (Å²) in [6.45, 7) is 0.773. The van der Waals surface area contributed by atoms with Crippen molar-refractivity contribution in [3.8, 4) is 5.75 Å². The van der Waals surface area contributed by atoms with Gasteiger partial charge in [-0.2, -0.15) is 0 Å².